The highest BCUT2D eigenvalue weighted by Gasteiger charge is 2.34. The van der Waals surface area contributed by atoms with Crippen molar-refractivity contribution >= 4 is 5.78 Å². The lowest BCUT2D eigenvalue weighted by atomic mass is 9.69. The Morgan fingerprint density at radius 2 is 1.75 bits per heavy atom. The third-order valence-electron chi connectivity index (χ3n) is 4.86. The molecule has 0 radical (unpaired) electrons. The zero-order chi connectivity index (χ0) is 11.4. The van der Waals surface area contributed by atoms with E-state index in [1.807, 2.05) is 0 Å². The molecule has 2 aliphatic rings. The Labute approximate surface area is 100.0 Å². The molecular weight excluding hydrogens is 196 g/mol. The summed E-state index contributed by atoms with van der Waals surface area (Å²) in [6, 6.07) is 0. The number of rotatable bonds is 2. The third kappa shape index (κ3) is 2.67. The van der Waals surface area contributed by atoms with Crippen LogP contribution in [0.2, 0.25) is 0 Å². The van der Waals surface area contributed by atoms with Crippen LogP contribution in [0, 0.1) is 17.8 Å². The largest absolute Gasteiger partial charge is 0.299 e. The molecule has 2 rings (SSSR count). The summed E-state index contributed by atoms with van der Waals surface area (Å²) in [6.45, 7) is 2.31. The normalized spacial score (nSPS) is 37.1. The van der Waals surface area contributed by atoms with Crippen molar-refractivity contribution in [3.63, 3.8) is 0 Å². The molecule has 0 saturated heterocycles. The maximum absolute atomic E-state index is 12.2. The molecule has 0 aliphatic heterocycles. The van der Waals surface area contributed by atoms with E-state index in [1.165, 1.54) is 51.4 Å². The van der Waals surface area contributed by atoms with Gasteiger partial charge >= 0.3 is 0 Å². The summed E-state index contributed by atoms with van der Waals surface area (Å²) in [5.74, 6) is 2.63. The molecule has 1 nitrogen and oxygen atoms in total. The summed E-state index contributed by atoms with van der Waals surface area (Å²) >= 11 is 0. The Morgan fingerprint density at radius 3 is 2.56 bits per heavy atom. The molecule has 2 fully saturated rings. The molecule has 16 heavy (non-hydrogen) atoms. The highest BCUT2D eigenvalue weighted by molar-refractivity contribution is 5.81. The summed E-state index contributed by atoms with van der Waals surface area (Å²) < 4.78 is 0. The average molecular weight is 222 g/mol. The molecule has 0 heterocycles. The van der Waals surface area contributed by atoms with Crippen molar-refractivity contribution in [1.82, 2.24) is 0 Å². The lowest BCUT2D eigenvalue weighted by molar-refractivity contribution is -0.125. The van der Waals surface area contributed by atoms with Gasteiger partial charge in [0.1, 0.15) is 5.78 Å². The fourth-order valence-corrected chi connectivity index (χ4v) is 3.91. The summed E-state index contributed by atoms with van der Waals surface area (Å²) in [7, 11) is 0. The van der Waals surface area contributed by atoms with E-state index in [2.05, 4.69) is 6.92 Å². The Balaban J connectivity index is 2.04. The second-order valence-electron chi connectivity index (χ2n) is 5.79. The van der Waals surface area contributed by atoms with Gasteiger partial charge in [0, 0.05) is 12.3 Å². The molecule has 2 aliphatic carbocycles. The van der Waals surface area contributed by atoms with Gasteiger partial charge in [-0.3, -0.25) is 4.79 Å². The molecule has 1 heteroatoms. The lowest BCUT2D eigenvalue weighted by Crippen LogP contribution is -2.31. The molecule has 0 aromatic carbocycles. The van der Waals surface area contributed by atoms with E-state index in [9.17, 15) is 4.79 Å². The average Bonchev–Trinajstić information content (AvgIpc) is 2.54. The van der Waals surface area contributed by atoms with Crippen LogP contribution < -0.4 is 0 Å². The van der Waals surface area contributed by atoms with E-state index in [1.54, 1.807) is 0 Å². The second-order valence-corrected chi connectivity index (χ2v) is 5.79. The van der Waals surface area contributed by atoms with Gasteiger partial charge in [0.15, 0.2) is 0 Å². The van der Waals surface area contributed by atoms with Crippen molar-refractivity contribution < 1.29 is 4.79 Å². The first-order chi connectivity index (χ1) is 7.83. The van der Waals surface area contributed by atoms with Crippen LogP contribution in [0.5, 0.6) is 0 Å². The number of hydrogen-bond acceptors (Lipinski definition) is 1. The van der Waals surface area contributed by atoms with Crippen LogP contribution in [-0.2, 0) is 4.79 Å². The molecule has 0 amide bonds. The van der Waals surface area contributed by atoms with Crippen LogP contribution >= 0.6 is 0 Å². The van der Waals surface area contributed by atoms with Gasteiger partial charge in [-0.25, -0.2) is 0 Å². The zero-order valence-corrected chi connectivity index (χ0v) is 10.7. The van der Waals surface area contributed by atoms with E-state index < -0.39 is 0 Å². The van der Waals surface area contributed by atoms with Crippen molar-refractivity contribution in [3.8, 4) is 0 Å². The van der Waals surface area contributed by atoms with Crippen molar-refractivity contribution in [2.24, 2.45) is 17.8 Å². The quantitative estimate of drug-likeness (QED) is 0.635. The summed E-state index contributed by atoms with van der Waals surface area (Å²) in [5, 5.41) is 0. The molecule has 0 bridgehead atoms. The Kier molecular flexibility index (Phi) is 4.43. The van der Waals surface area contributed by atoms with Crippen LogP contribution in [0.15, 0.2) is 0 Å². The zero-order valence-electron chi connectivity index (χ0n) is 10.7. The van der Waals surface area contributed by atoms with Crippen molar-refractivity contribution in [2.75, 3.05) is 0 Å². The van der Waals surface area contributed by atoms with E-state index in [-0.39, 0.29) is 0 Å². The monoisotopic (exact) mass is 222 g/mol. The van der Waals surface area contributed by atoms with E-state index in [4.69, 9.17) is 0 Å². The lowest BCUT2D eigenvalue weighted by Gasteiger charge is -2.35. The van der Waals surface area contributed by atoms with Crippen LogP contribution in [0.1, 0.15) is 71.1 Å². The fourth-order valence-electron chi connectivity index (χ4n) is 3.91. The third-order valence-corrected chi connectivity index (χ3v) is 4.86. The highest BCUT2D eigenvalue weighted by Crippen LogP contribution is 2.40. The van der Waals surface area contributed by atoms with Gasteiger partial charge in [-0.1, -0.05) is 45.4 Å². The van der Waals surface area contributed by atoms with Crippen LogP contribution in [0.4, 0.5) is 0 Å². The maximum atomic E-state index is 12.2. The minimum atomic E-state index is 0.438. The maximum Gasteiger partial charge on any atom is 0.136 e. The van der Waals surface area contributed by atoms with Gasteiger partial charge < -0.3 is 0 Å². The van der Waals surface area contributed by atoms with Crippen LogP contribution in [0.3, 0.4) is 0 Å². The van der Waals surface area contributed by atoms with Gasteiger partial charge in [0.2, 0.25) is 0 Å². The number of carbonyl (C=O) groups is 1. The number of carbonyl (C=O) groups excluding carboxylic acids is 1. The topological polar surface area (TPSA) is 17.1 Å². The van der Waals surface area contributed by atoms with Gasteiger partial charge in [-0.05, 0) is 31.1 Å². The minimum absolute atomic E-state index is 0.438. The molecule has 2 saturated carbocycles. The Hall–Kier alpha value is -0.330. The van der Waals surface area contributed by atoms with Crippen molar-refractivity contribution in [2.45, 2.75) is 71.1 Å². The van der Waals surface area contributed by atoms with Crippen molar-refractivity contribution in [3.05, 3.63) is 0 Å². The smallest absolute Gasteiger partial charge is 0.136 e. The molecule has 0 aromatic heterocycles. The predicted molar refractivity (Wildman–Crippen MR) is 67.3 cm³/mol. The van der Waals surface area contributed by atoms with Gasteiger partial charge in [0.25, 0.3) is 0 Å². The van der Waals surface area contributed by atoms with Gasteiger partial charge in [-0.2, -0.15) is 0 Å². The molecule has 0 N–H and O–H groups in total. The van der Waals surface area contributed by atoms with Crippen molar-refractivity contribution in [1.29, 1.82) is 0 Å². The summed E-state index contributed by atoms with van der Waals surface area (Å²) in [6.07, 6.45) is 12.6. The highest BCUT2D eigenvalue weighted by atomic mass is 16.1. The van der Waals surface area contributed by atoms with E-state index in [0.29, 0.717) is 11.7 Å². The Morgan fingerprint density at radius 1 is 1.00 bits per heavy atom. The molecule has 0 spiro atoms. The standard InChI is InChI=1S/C15H26O/c1-2-12-8-6-7-9-13(12)14-10-4-3-5-11-15(14)16/h12-14H,2-11H2,1H3. The molecule has 3 unspecified atom stereocenters. The minimum Gasteiger partial charge on any atom is -0.299 e. The first-order valence-electron chi connectivity index (χ1n) is 7.35. The second kappa shape index (κ2) is 5.84. The summed E-state index contributed by atoms with van der Waals surface area (Å²) in [4.78, 5) is 12.2. The number of hydrogen-bond donors (Lipinski definition) is 0. The van der Waals surface area contributed by atoms with Crippen LogP contribution in [-0.4, -0.2) is 5.78 Å². The van der Waals surface area contributed by atoms with E-state index in [0.717, 1.165) is 24.7 Å². The first-order valence-corrected chi connectivity index (χ1v) is 7.35. The van der Waals surface area contributed by atoms with E-state index >= 15 is 0 Å². The fraction of sp³-hybridized carbons (Fsp3) is 0.933. The Bertz CT molecular complexity index is 234. The number of Topliss-reactive ketones (excluding diaryl/α,β-unsaturated/α-hetero) is 1. The predicted octanol–water partition coefficient (Wildman–Crippen LogP) is 4.35. The molecular formula is C15H26O. The molecule has 3 atom stereocenters. The first kappa shape index (κ1) is 12.1. The number of ketones is 1. The SMILES string of the molecule is CCC1CCCCC1C1CCCCCC1=O. The van der Waals surface area contributed by atoms with Gasteiger partial charge in [-0.15, -0.1) is 0 Å². The molecule has 92 valence electrons. The van der Waals surface area contributed by atoms with Crippen LogP contribution in [0.25, 0.3) is 0 Å². The molecule has 0 aromatic rings. The summed E-state index contributed by atoms with van der Waals surface area (Å²) in [5.41, 5.74) is 0. The van der Waals surface area contributed by atoms with Gasteiger partial charge in [0.05, 0.1) is 0 Å².